The zero-order valence-electron chi connectivity index (χ0n) is 11.4. The second kappa shape index (κ2) is 6.08. The first-order valence-corrected chi connectivity index (χ1v) is 6.49. The summed E-state index contributed by atoms with van der Waals surface area (Å²) in [6, 6.07) is 5.59. The first kappa shape index (κ1) is 13.8. The quantitative estimate of drug-likeness (QED) is 0.528. The van der Waals surface area contributed by atoms with Gasteiger partial charge in [-0.05, 0) is 22.9 Å². The molecule has 0 saturated carbocycles. The van der Waals surface area contributed by atoms with Crippen molar-refractivity contribution < 1.29 is 14.0 Å². The van der Waals surface area contributed by atoms with Crippen LogP contribution in [0.25, 0.3) is 0 Å². The highest BCUT2D eigenvalue weighted by molar-refractivity contribution is 6.43. The number of tetrazole rings is 1. The van der Waals surface area contributed by atoms with E-state index in [-0.39, 0.29) is 12.2 Å². The molecule has 0 fully saturated rings. The van der Waals surface area contributed by atoms with Crippen LogP contribution in [0.1, 0.15) is 27.4 Å². The highest BCUT2D eigenvalue weighted by Gasteiger charge is 2.22. The van der Waals surface area contributed by atoms with Gasteiger partial charge < -0.3 is 4.42 Å². The number of H-pyrrole nitrogens is 1. The normalized spacial score (nSPS) is 10.5. The van der Waals surface area contributed by atoms with Crippen molar-refractivity contribution >= 4 is 11.6 Å². The lowest BCUT2D eigenvalue weighted by molar-refractivity contribution is -0.114. The average molecular weight is 297 g/mol. The molecule has 110 valence electrons. The molecule has 0 unspecified atom stereocenters. The second-order valence-corrected chi connectivity index (χ2v) is 4.58. The molecule has 0 amide bonds. The van der Waals surface area contributed by atoms with E-state index in [1.54, 1.807) is 12.5 Å². The van der Waals surface area contributed by atoms with Gasteiger partial charge in [0.05, 0.1) is 12.5 Å². The summed E-state index contributed by atoms with van der Waals surface area (Å²) in [5.74, 6) is -1.64. The minimum Gasteiger partial charge on any atom is -0.472 e. The van der Waals surface area contributed by atoms with Crippen molar-refractivity contribution in [2.75, 3.05) is 0 Å². The molecule has 0 saturated heterocycles. The van der Waals surface area contributed by atoms with Crippen molar-refractivity contribution in [2.24, 2.45) is 0 Å². The standard InChI is InChI=1S/C14H11N5O3/c20-12(13(21)14-16-18-19-17-14)6-10-8-22-7-9(10)5-11-3-1-2-4-15-11/h1-4,7-8H,5-6H2,(H,16,17,18,19). The van der Waals surface area contributed by atoms with Crippen molar-refractivity contribution in [3.8, 4) is 0 Å². The topological polar surface area (TPSA) is 115 Å². The molecule has 8 nitrogen and oxygen atoms in total. The van der Waals surface area contributed by atoms with Crippen molar-refractivity contribution in [3.05, 3.63) is 59.6 Å². The van der Waals surface area contributed by atoms with Gasteiger partial charge >= 0.3 is 0 Å². The molecule has 0 bridgehead atoms. The molecule has 22 heavy (non-hydrogen) atoms. The first-order valence-electron chi connectivity index (χ1n) is 6.49. The lowest BCUT2D eigenvalue weighted by atomic mass is 10.0. The summed E-state index contributed by atoms with van der Waals surface area (Å²) in [6.07, 6.45) is 5.15. The Morgan fingerprint density at radius 2 is 2.05 bits per heavy atom. The molecular weight excluding hydrogens is 286 g/mol. The number of furan rings is 1. The van der Waals surface area contributed by atoms with Crippen LogP contribution in [-0.4, -0.2) is 37.2 Å². The number of hydrogen-bond donors (Lipinski definition) is 1. The number of aromatic amines is 1. The summed E-state index contributed by atoms with van der Waals surface area (Å²) in [6.45, 7) is 0. The molecule has 0 atom stereocenters. The van der Waals surface area contributed by atoms with Crippen LogP contribution in [0.5, 0.6) is 0 Å². The van der Waals surface area contributed by atoms with E-state index in [0.29, 0.717) is 12.0 Å². The Kier molecular flexibility index (Phi) is 3.82. The molecule has 8 heteroatoms. The third-order valence-corrected chi connectivity index (χ3v) is 3.08. The maximum Gasteiger partial charge on any atom is 0.269 e. The van der Waals surface area contributed by atoms with Crippen molar-refractivity contribution in [3.63, 3.8) is 0 Å². The predicted molar refractivity (Wildman–Crippen MR) is 73.0 cm³/mol. The maximum absolute atomic E-state index is 12.0. The summed E-state index contributed by atoms with van der Waals surface area (Å²) in [5.41, 5.74) is 2.31. The van der Waals surface area contributed by atoms with Gasteiger partial charge in [-0.1, -0.05) is 6.07 Å². The Hall–Kier alpha value is -3.16. The fourth-order valence-corrected chi connectivity index (χ4v) is 1.99. The van der Waals surface area contributed by atoms with Crippen LogP contribution in [0.2, 0.25) is 0 Å². The molecule has 1 N–H and O–H groups in total. The van der Waals surface area contributed by atoms with Crippen LogP contribution >= 0.6 is 0 Å². The zero-order valence-corrected chi connectivity index (χ0v) is 11.4. The number of nitrogens with one attached hydrogen (secondary N) is 1. The molecule has 0 aliphatic heterocycles. The molecule has 0 aliphatic carbocycles. The SMILES string of the molecule is O=C(Cc1cocc1Cc1ccccn1)C(=O)c1nn[nH]n1. The molecule has 3 aromatic heterocycles. The number of hydrogen-bond acceptors (Lipinski definition) is 7. The summed E-state index contributed by atoms with van der Waals surface area (Å²) in [5, 5.41) is 12.4. The van der Waals surface area contributed by atoms with Crippen molar-refractivity contribution in [1.29, 1.82) is 0 Å². The van der Waals surface area contributed by atoms with Gasteiger partial charge in [0.2, 0.25) is 11.6 Å². The van der Waals surface area contributed by atoms with E-state index in [0.717, 1.165) is 11.3 Å². The van der Waals surface area contributed by atoms with Crippen molar-refractivity contribution in [1.82, 2.24) is 25.6 Å². The smallest absolute Gasteiger partial charge is 0.269 e. The fraction of sp³-hybridized carbons (Fsp3) is 0.143. The number of nitrogens with zero attached hydrogens (tertiary/aromatic N) is 4. The molecular formula is C14H11N5O3. The second-order valence-electron chi connectivity index (χ2n) is 4.58. The van der Waals surface area contributed by atoms with Crippen LogP contribution in [0, 0.1) is 0 Å². The number of ketones is 2. The number of carbonyl (C=O) groups is 2. The Morgan fingerprint density at radius 3 is 2.77 bits per heavy atom. The molecule has 0 radical (unpaired) electrons. The van der Waals surface area contributed by atoms with Crippen LogP contribution < -0.4 is 0 Å². The minimum absolute atomic E-state index is 0.0773. The lowest BCUT2D eigenvalue weighted by Crippen LogP contribution is -2.18. The first-order chi connectivity index (χ1) is 10.7. The van der Waals surface area contributed by atoms with Crippen molar-refractivity contribution in [2.45, 2.75) is 12.8 Å². The number of carbonyl (C=O) groups excluding carboxylic acids is 2. The van der Waals surface area contributed by atoms with E-state index in [4.69, 9.17) is 4.42 Å². The third kappa shape index (κ3) is 2.95. The molecule has 0 aromatic carbocycles. The number of Topliss-reactive ketones (excluding diaryl/α,β-unsaturated/α-hetero) is 2. The molecule has 0 spiro atoms. The van der Waals surface area contributed by atoms with Crippen LogP contribution in [0.15, 0.2) is 41.3 Å². The number of aromatic nitrogens is 5. The zero-order chi connectivity index (χ0) is 15.4. The minimum atomic E-state index is -0.779. The van der Waals surface area contributed by atoms with E-state index in [2.05, 4.69) is 25.6 Å². The van der Waals surface area contributed by atoms with Gasteiger partial charge in [-0.25, -0.2) is 0 Å². The Morgan fingerprint density at radius 1 is 1.18 bits per heavy atom. The summed E-state index contributed by atoms with van der Waals surface area (Å²) in [7, 11) is 0. The largest absolute Gasteiger partial charge is 0.472 e. The Bertz CT molecular complexity index is 780. The molecule has 3 rings (SSSR count). The van der Waals surface area contributed by atoms with Gasteiger partial charge in [-0.3, -0.25) is 14.6 Å². The number of pyridine rings is 1. The van der Waals surface area contributed by atoms with Crippen LogP contribution in [0.3, 0.4) is 0 Å². The fourth-order valence-electron chi connectivity index (χ4n) is 1.99. The highest BCUT2D eigenvalue weighted by atomic mass is 16.3. The predicted octanol–water partition coefficient (Wildman–Crippen LogP) is 0.773. The monoisotopic (exact) mass is 297 g/mol. The Labute approximate surface area is 124 Å². The maximum atomic E-state index is 12.0. The van der Waals surface area contributed by atoms with Gasteiger partial charge in [-0.2, -0.15) is 5.21 Å². The van der Waals surface area contributed by atoms with Gasteiger partial charge in [-0.15, -0.1) is 10.2 Å². The Balaban J connectivity index is 1.72. The lowest BCUT2D eigenvalue weighted by Gasteiger charge is -2.01. The summed E-state index contributed by atoms with van der Waals surface area (Å²) in [4.78, 5) is 28.0. The highest BCUT2D eigenvalue weighted by Crippen LogP contribution is 2.16. The molecule has 3 heterocycles. The van der Waals surface area contributed by atoms with Gasteiger partial charge in [0.1, 0.15) is 0 Å². The van der Waals surface area contributed by atoms with E-state index >= 15 is 0 Å². The van der Waals surface area contributed by atoms with Crippen LogP contribution in [0.4, 0.5) is 0 Å². The third-order valence-electron chi connectivity index (χ3n) is 3.08. The number of rotatable bonds is 6. The van der Waals surface area contributed by atoms with E-state index < -0.39 is 11.6 Å². The van der Waals surface area contributed by atoms with E-state index in [1.807, 2.05) is 18.2 Å². The average Bonchev–Trinajstić information content (AvgIpc) is 3.20. The van der Waals surface area contributed by atoms with E-state index in [9.17, 15) is 9.59 Å². The van der Waals surface area contributed by atoms with Gasteiger partial charge in [0.15, 0.2) is 0 Å². The van der Waals surface area contributed by atoms with Gasteiger partial charge in [0, 0.05) is 30.3 Å². The molecule has 3 aromatic rings. The summed E-state index contributed by atoms with van der Waals surface area (Å²) >= 11 is 0. The summed E-state index contributed by atoms with van der Waals surface area (Å²) < 4.78 is 5.15. The van der Waals surface area contributed by atoms with Gasteiger partial charge in [0.25, 0.3) is 5.78 Å². The van der Waals surface area contributed by atoms with E-state index in [1.165, 1.54) is 6.26 Å². The molecule has 0 aliphatic rings. The van der Waals surface area contributed by atoms with Crippen LogP contribution in [-0.2, 0) is 17.6 Å².